The molecule has 6 nitrogen and oxygen atoms in total. The van der Waals surface area contributed by atoms with Gasteiger partial charge in [0.05, 0.1) is 17.8 Å². The van der Waals surface area contributed by atoms with Crippen molar-refractivity contribution in [3.8, 4) is 0 Å². The third kappa shape index (κ3) is 6.06. The van der Waals surface area contributed by atoms with E-state index in [4.69, 9.17) is 11.6 Å². The first kappa shape index (κ1) is 18.1. The Hall–Kier alpha value is -1.22. The molecule has 0 aliphatic carbocycles. The van der Waals surface area contributed by atoms with Crippen LogP contribution in [0.2, 0.25) is 5.02 Å². The van der Waals surface area contributed by atoms with Gasteiger partial charge in [0, 0.05) is 18.3 Å². The van der Waals surface area contributed by atoms with Crippen LogP contribution in [-0.2, 0) is 14.8 Å². The molecule has 1 heterocycles. The molecule has 1 aromatic rings. The lowest BCUT2D eigenvalue weighted by Crippen LogP contribution is -2.49. The van der Waals surface area contributed by atoms with Crippen LogP contribution in [0.3, 0.4) is 0 Å². The summed E-state index contributed by atoms with van der Waals surface area (Å²) in [6.45, 7) is 1.33. The van der Waals surface area contributed by atoms with Crippen molar-refractivity contribution in [2.24, 2.45) is 0 Å². The van der Waals surface area contributed by atoms with Gasteiger partial charge in [0.25, 0.3) is 0 Å². The van der Waals surface area contributed by atoms with Crippen LogP contribution in [0.4, 0.5) is 10.1 Å². The van der Waals surface area contributed by atoms with Gasteiger partial charge >= 0.3 is 0 Å². The highest BCUT2D eigenvalue weighted by atomic mass is 35.5. The van der Waals surface area contributed by atoms with E-state index in [2.05, 4.69) is 10.0 Å². The molecule has 0 spiro atoms. The van der Waals surface area contributed by atoms with E-state index < -0.39 is 15.8 Å². The molecule has 1 unspecified atom stereocenters. The molecule has 0 radical (unpaired) electrons. The summed E-state index contributed by atoms with van der Waals surface area (Å²) in [7, 11) is -3.26. The van der Waals surface area contributed by atoms with Crippen LogP contribution in [0.1, 0.15) is 12.8 Å². The topological polar surface area (TPSA) is 78.5 Å². The molecule has 2 rings (SSSR count). The first-order valence-corrected chi connectivity index (χ1v) is 9.44. The van der Waals surface area contributed by atoms with Gasteiger partial charge in [-0.15, -0.1) is 0 Å². The molecule has 23 heavy (non-hydrogen) atoms. The van der Waals surface area contributed by atoms with Crippen LogP contribution in [0.5, 0.6) is 0 Å². The highest BCUT2D eigenvalue weighted by molar-refractivity contribution is 7.88. The van der Waals surface area contributed by atoms with Gasteiger partial charge in [-0.3, -0.25) is 9.69 Å². The number of piperidine rings is 1. The molecular formula is C14H19ClFN3O3S. The summed E-state index contributed by atoms with van der Waals surface area (Å²) in [6.07, 6.45) is 2.68. The maximum Gasteiger partial charge on any atom is 0.238 e. The van der Waals surface area contributed by atoms with E-state index in [0.717, 1.165) is 25.6 Å². The van der Waals surface area contributed by atoms with Crippen molar-refractivity contribution >= 4 is 33.2 Å². The van der Waals surface area contributed by atoms with E-state index in [0.29, 0.717) is 12.2 Å². The van der Waals surface area contributed by atoms with E-state index in [1.165, 1.54) is 18.2 Å². The summed E-state index contributed by atoms with van der Waals surface area (Å²) < 4.78 is 38.2. The van der Waals surface area contributed by atoms with E-state index in [1.54, 1.807) is 0 Å². The second kappa shape index (κ2) is 7.57. The van der Waals surface area contributed by atoms with Crippen LogP contribution in [0, 0.1) is 5.82 Å². The van der Waals surface area contributed by atoms with Crippen LogP contribution in [-0.4, -0.2) is 51.2 Å². The van der Waals surface area contributed by atoms with Crippen molar-refractivity contribution in [1.82, 2.24) is 9.62 Å². The summed E-state index contributed by atoms with van der Waals surface area (Å²) >= 11 is 5.67. The zero-order chi connectivity index (χ0) is 17.0. The van der Waals surface area contributed by atoms with E-state index in [-0.39, 0.29) is 23.5 Å². The first-order chi connectivity index (χ1) is 10.7. The van der Waals surface area contributed by atoms with Crippen molar-refractivity contribution in [3.05, 3.63) is 29.0 Å². The van der Waals surface area contributed by atoms with Crippen molar-refractivity contribution in [2.45, 2.75) is 18.9 Å². The lowest BCUT2D eigenvalue weighted by molar-refractivity contribution is -0.117. The van der Waals surface area contributed by atoms with Gasteiger partial charge in [-0.05, 0) is 37.6 Å². The minimum absolute atomic E-state index is 0.0572. The molecule has 1 atom stereocenters. The SMILES string of the molecule is CS(=O)(=O)NC1CCCN(CC(=O)Nc2ccc(F)c(Cl)c2)C1. The zero-order valence-corrected chi connectivity index (χ0v) is 14.3. The molecule has 128 valence electrons. The third-order valence-electron chi connectivity index (χ3n) is 3.46. The van der Waals surface area contributed by atoms with Gasteiger partial charge in [0.1, 0.15) is 5.82 Å². The lowest BCUT2D eigenvalue weighted by Gasteiger charge is -2.32. The Morgan fingerprint density at radius 3 is 2.87 bits per heavy atom. The quantitative estimate of drug-likeness (QED) is 0.829. The molecule has 1 aliphatic heterocycles. The van der Waals surface area contributed by atoms with E-state index >= 15 is 0 Å². The molecule has 0 aromatic heterocycles. The van der Waals surface area contributed by atoms with Crippen molar-refractivity contribution < 1.29 is 17.6 Å². The summed E-state index contributed by atoms with van der Waals surface area (Å²) in [5.41, 5.74) is 0.421. The van der Waals surface area contributed by atoms with Gasteiger partial charge in [-0.25, -0.2) is 17.5 Å². The maximum atomic E-state index is 13.1. The fourth-order valence-electron chi connectivity index (χ4n) is 2.58. The van der Waals surface area contributed by atoms with Crippen molar-refractivity contribution in [1.29, 1.82) is 0 Å². The van der Waals surface area contributed by atoms with Crippen molar-refractivity contribution in [2.75, 3.05) is 31.2 Å². The predicted octanol–water partition coefficient (Wildman–Crippen LogP) is 1.43. The number of sulfonamides is 1. The van der Waals surface area contributed by atoms with Crippen LogP contribution in [0.25, 0.3) is 0 Å². The third-order valence-corrected chi connectivity index (χ3v) is 4.51. The number of carbonyl (C=O) groups is 1. The number of hydrogen-bond acceptors (Lipinski definition) is 4. The zero-order valence-electron chi connectivity index (χ0n) is 12.7. The largest absolute Gasteiger partial charge is 0.325 e. The standard InChI is InChI=1S/C14H19ClFN3O3S/c1-23(21,22)18-11-3-2-6-19(8-11)9-14(20)17-10-4-5-13(16)12(15)7-10/h4-5,7,11,18H,2-3,6,8-9H2,1H3,(H,17,20). The van der Waals surface area contributed by atoms with Gasteiger partial charge in [-0.1, -0.05) is 11.6 Å². The van der Waals surface area contributed by atoms with Crippen LogP contribution >= 0.6 is 11.6 Å². The predicted molar refractivity (Wildman–Crippen MR) is 87.5 cm³/mol. The maximum absolute atomic E-state index is 13.1. The Morgan fingerprint density at radius 2 is 2.22 bits per heavy atom. The fourth-order valence-corrected chi connectivity index (χ4v) is 3.55. The lowest BCUT2D eigenvalue weighted by atomic mass is 10.1. The normalized spacial score (nSPS) is 19.5. The number of likely N-dealkylation sites (tertiary alicyclic amines) is 1. The van der Waals surface area contributed by atoms with Gasteiger partial charge < -0.3 is 5.32 Å². The molecule has 2 N–H and O–H groups in total. The van der Waals surface area contributed by atoms with Gasteiger partial charge in [0.15, 0.2) is 0 Å². The Labute approximate surface area is 140 Å². The van der Waals surface area contributed by atoms with Crippen LogP contribution in [0.15, 0.2) is 18.2 Å². The Morgan fingerprint density at radius 1 is 1.48 bits per heavy atom. The van der Waals surface area contributed by atoms with E-state index in [9.17, 15) is 17.6 Å². The molecule has 0 saturated carbocycles. The number of rotatable bonds is 5. The summed E-state index contributed by atoms with van der Waals surface area (Å²) in [5.74, 6) is -0.803. The van der Waals surface area contributed by atoms with Crippen LogP contribution < -0.4 is 10.0 Å². The Balaban J connectivity index is 1.88. The highest BCUT2D eigenvalue weighted by Gasteiger charge is 2.23. The van der Waals surface area contributed by atoms with Gasteiger partial charge in [-0.2, -0.15) is 0 Å². The first-order valence-electron chi connectivity index (χ1n) is 7.17. The fraction of sp³-hybridized carbons (Fsp3) is 0.500. The van der Waals surface area contributed by atoms with Gasteiger partial charge in [0.2, 0.25) is 15.9 Å². The summed E-state index contributed by atoms with van der Waals surface area (Å²) in [4.78, 5) is 13.9. The minimum Gasteiger partial charge on any atom is -0.325 e. The second-order valence-electron chi connectivity index (χ2n) is 5.64. The number of nitrogens with zero attached hydrogens (tertiary/aromatic N) is 1. The number of benzene rings is 1. The number of amides is 1. The molecule has 0 bridgehead atoms. The Bertz CT molecular complexity index is 684. The molecule has 1 fully saturated rings. The molecular weight excluding hydrogens is 345 g/mol. The average Bonchev–Trinajstić information content (AvgIpc) is 2.41. The number of hydrogen-bond donors (Lipinski definition) is 2. The number of nitrogens with one attached hydrogen (secondary N) is 2. The second-order valence-corrected chi connectivity index (χ2v) is 7.83. The molecule has 1 amide bonds. The highest BCUT2D eigenvalue weighted by Crippen LogP contribution is 2.19. The minimum atomic E-state index is -3.26. The van der Waals surface area contributed by atoms with E-state index in [1.807, 2.05) is 4.90 Å². The molecule has 1 saturated heterocycles. The number of anilines is 1. The average molecular weight is 364 g/mol. The number of halogens is 2. The smallest absolute Gasteiger partial charge is 0.238 e. The van der Waals surface area contributed by atoms with Crippen molar-refractivity contribution in [3.63, 3.8) is 0 Å². The summed E-state index contributed by atoms with van der Waals surface area (Å²) in [6, 6.07) is 3.78. The summed E-state index contributed by atoms with van der Waals surface area (Å²) in [5, 5.41) is 2.59. The monoisotopic (exact) mass is 363 g/mol. The number of carbonyl (C=O) groups excluding carboxylic acids is 1. The molecule has 1 aromatic carbocycles. The molecule has 9 heteroatoms. The Kier molecular flexibility index (Phi) is 5.96. The molecule has 1 aliphatic rings.